The third kappa shape index (κ3) is 2.67. The van der Waals surface area contributed by atoms with Gasteiger partial charge in [0.05, 0.1) is 16.6 Å². The van der Waals surface area contributed by atoms with Gasteiger partial charge in [-0.25, -0.2) is 0 Å². The van der Waals surface area contributed by atoms with E-state index in [0.717, 1.165) is 25.7 Å². The molecule has 0 bridgehead atoms. The highest BCUT2D eigenvalue weighted by atomic mass is 35.5. The number of aliphatic hydroxyl groups excluding tert-OH is 1. The number of ketones is 1. The van der Waals surface area contributed by atoms with Crippen LogP contribution in [0.25, 0.3) is 0 Å². The molecule has 1 atom stereocenters. The number of hydrogen-bond donors (Lipinski definition) is 2. The Kier molecular flexibility index (Phi) is 4.54. The highest BCUT2D eigenvalue weighted by Crippen LogP contribution is 2.43. The molecule has 0 radical (unpaired) electrons. The van der Waals surface area contributed by atoms with Crippen molar-refractivity contribution in [1.29, 1.82) is 0 Å². The molecule has 0 aromatic heterocycles. The van der Waals surface area contributed by atoms with Crippen molar-refractivity contribution in [3.63, 3.8) is 0 Å². The molecule has 0 spiro atoms. The topological polar surface area (TPSA) is 77.8 Å². The number of hydrogen-bond acceptors (Lipinski definition) is 4. The van der Waals surface area contributed by atoms with Crippen molar-refractivity contribution in [2.75, 3.05) is 0 Å². The smallest absolute Gasteiger partial charge is 0.290 e. The molecular formula is C18H20ClNO4. The molecule has 1 unspecified atom stereocenters. The van der Waals surface area contributed by atoms with Gasteiger partial charge in [-0.05, 0) is 30.5 Å². The summed E-state index contributed by atoms with van der Waals surface area (Å²) in [6, 6.07) is 3.99. The molecule has 1 heterocycles. The molecule has 5 nitrogen and oxygen atoms in total. The largest absolute Gasteiger partial charge is 0.506 e. The van der Waals surface area contributed by atoms with Crippen LogP contribution in [0.1, 0.15) is 50.6 Å². The van der Waals surface area contributed by atoms with Crippen LogP contribution in [0.15, 0.2) is 29.5 Å². The van der Waals surface area contributed by atoms with E-state index in [-0.39, 0.29) is 34.6 Å². The van der Waals surface area contributed by atoms with Crippen LogP contribution in [0.4, 0.5) is 0 Å². The molecule has 3 rings (SSSR count). The first-order chi connectivity index (χ1) is 11.5. The fourth-order valence-corrected chi connectivity index (χ4v) is 3.87. The summed E-state index contributed by atoms with van der Waals surface area (Å²) in [5, 5.41) is 20.1. The van der Waals surface area contributed by atoms with E-state index in [2.05, 4.69) is 0 Å². The van der Waals surface area contributed by atoms with Crippen molar-refractivity contribution in [2.45, 2.75) is 51.1 Å². The van der Waals surface area contributed by atoms with Crippen molar-refractivity contribution < 1.29 is 19.8 Å². The van der Waals surface area contributed by atoms with Crippen LogP contribution in [-0.2, 0) is 9.59 Å². The molecule has 1 aromatic rings. The SMILES string of the molecule is CCC(=O)C1=C(O)C(=O)N(C2CCCC2)C1c1ccc(O)c(Cl)c1. The number of phenolic OH excluding ortho intramolecular Hbond substituents is 1. The maximum absolute atomic E-state index is 12.6. The number of aromatic hydroxyl groups is 1. The number of benzene rings is 1. The van der Waals surface area contributed by atoms with Crippen LogP contribution in [0.3, 0.4) is 0 Å². The molecule has 1 amide bonds. The standard InChI is InChI=1S/C18H20ClNO4/c1-2-13(21)15-16(10-7-8-14(22)12(19)9-10)20(18(24)17(15)23)11-5-3-4-6-11/h7-9,11,16,22-23H,2-6H2,1H3. The average Bonchev–Trinajstić information content (AvgIpc) is 3.17. The van der Waals surface area contributed by atoms with Gasteiger partial charge in [0.2, 0.25) is 0 Å². The zero-order chi connectivity index (χ0) is 17.4. The minimum atomic E-state index is -0.647. The summed E-state index contributed by atoms with van der Waals surface area (Å²) in [6.45, 7) is 1.70. The molecule has 2 aliphatic rings. The number of aliphatic hydroxyl groups is 1. The van der Waals surface area contributed by atoms with Crippen molar-refractivity contribution >= 4 is 23.3 Å². The Hall–Kier alpha value is -2.01. The lowest BCUT2D eigenvalue weighted by Crippen LogP contribution is -2.38. The van der Waals surface area contributed by atoms with E-state index in [1.54, 1.807) is 24.0 Å². The molecule has 6 heteroatoms. The van der Waals surface area contributed by atoms with Crippen molar-refractivity contribution in [3.05, 3.63) is 40.1 Å². The number of amides is 1. The van der Waals surface area contributed by atoms with E-state index in [9.17, 15) is 19.8 Å². The van der Waals surface area contributed by atoms with Gasteiger partial charge in [0.1, 0.15) is 5.75 Å². The predicted octanol–water partition coefficient (Wildman–Crippen LogP) is 3.66. The fourth-order valence-electron chi connectivity index (χ4n) is 3.68. The van der Waals surface area contributed by atoms with Crippen LogP contribution in [-0.4, -0.2) is 32.8 Å². The Morgan fingerprint density at radius 2 is 1.96 bits per heavy atom. The molecule has 1 aliphatic carbocycles. The summed E-state index contributed by atoms with van der Waals surface area (Å²) in [4.78, 5) is 26.6. The Balaban J connectivity index is 2.11. The Labute approximate surface area is 145 Å². The van der Waals surface area contributed by atoms with Gasteiger partial charge in [-0.3, -0.25) is 9.59 Å². The maximum Gasteiger partial charge on any atom is 0.290 e. The Morgan fingerprint density at radius 1 is 1.29 bits per heavy atom. The second-order valence-electron chi connectivity index (χ2n) is 6.30. The molecule has 128 valence electrons. The number of halogens is 1. The van der Waals surface area contributed by atoms with Gasteiger partial charge in [-0.1, -0.05) is 37.4 Å². The number of phenols is 1. The normalized spacial score (nSPS) is 21.8. The number of rotatable bonds is 4. The van der Waals surface area contributed by atoms with Gasteiger partial charge in [0.15, 0.2) is 11.5 Å². The highest BCUT2D eigenvalue weighted by Gasteiger charge is 2.46. The molecule has 1 aromatic carbocycles. The Morgan fingerprint density at radius 3 is 2.54 bits per heavy atom. The minimum Gasteiger partial charge on any atom is -0.506 e. The average molecular weight is 350 g/mol. The number of carbonyl (C=O) groups excluding carboxylic acids is 2. The third-order valence-electron chi connectivity index (χ3n) is 4.87. The van der Waals surface area contributed by atoms with Crippen molar-refractivity contribution in [1.82, 2.24) is 4.90 Å². The van der Waals surface area contributed by atoms with E-state index in [4.69, 9.17) is 11.6 Å². The number of nitrogens with zero attached hydrogens (tertiary/aromatic N) is 1. The number of carbonyl (C=O) groups is 2. The van der Waals surface area contributed by atoms with E-state index >= 15 is 0 Å². The van der Waals surface area contributed by atoms with Gasteiger partial charge in [-0.15, -0.1) is 0 Å². The van der Waals surface area contributed by atoms with E-state index in [1.807, 2.05) is 0 Å². The lowest BCUT2D eigenvalue weighted by Gasteiger charge is -2.32. The van der Waals surface area contributed by atoms with Crippen LogP contribution in [0.2, 0.25) is 5.02 Å². The number of Topliss-reactive ketones (excluding diaryl/α,β-unsaturated/α-hetero) is 1. The van der Waals surface area contributed by atoms with Gasteiger partial charge < -0.3 is 15.1 Å². The molecule has 1 saturated carbocycles. The second kappa shape index (κ2) is 6.48. The highest BCUT2D eigenvalue weighted by molar-refractivity contribution is 6.32. The van der Waals surface area contributed by atoms with E-state index in [1.165, 1.54) is 6.07 Å². The quantitative estimate of drug-likeness (QED) is 0.869. The zero-order valence-electron chi connectivity index (χ0n) is 13.5. The van der Waals surface area contributed by atoms with Crippen LogP contribution in [0, 0.1) is 0 Å². The summed E-state index contributed by atoms with van der Waals surface area (Å²) in [6.07, 6.45) is 3.96. The molecule has 1 fully saturated rings. The first-order valence-corrected chi connectivity index (χ1v) is 8.60. The van der Waals surface area contributed by atoms with E-state index < -0.39 is 17.7 Å². The monoisotopic (exact) mass is 349 g/mol. The summed E-state index contributed by atoms with van der Waals surface area (Å²) < 4.78 is 0. The van der Waals surface area contributed by atoms with Crippen molar-refractivity contribution in [3.8, 4) is 5.75 Å². The second-order valence-corrected chi connectivity index (χ2v) is 6.71. The Bertz CT molecular complexity index is 722. The van der Waals surface area contributed by atoms with Gasteiger partial charge >= 0.3 is 0 Å². The predicted molar refractivity (Wildman–Crippen MR) is 89.9 cm³/mol. The van der Waals surface area contributed by atoms with Crippen LogP contribution in [0.5, 0.6) is 5.75 Å². The molecule has 0 saturated heterocycles. The molecular weight excluding hydrogens is 330 g/mol. The third-order valence-corrected chi connectivity index (χ3v) is 5.17. The summed E-state index contributed by atoms with van der Waals surface area (Å²) >= 11 is 6.02. The fraction of sp³-hybridized carbons (Fsp3) is 0.444. The van der Waals surface area contributed by atoms with Crippen molar-refractivity contribution in [2.24, 2.45) is 0 Å². The van der Waals surface area contributed by atoms with Crippen LogP contribution < -0.4 is 0 Å². The molecule has 1 aliphatic heterocycles. The van der Waals surface area contributed by atoms with Gasteiger partial charge in [0, 0.05) is 12.5 Å². The maximum atomic E-state index is 12.6. The molecule has 24 heavy (non-hydrogen) atoms. The first kappa shape index (κ1) is 16.8. The summed E-state index contributed by atoms with van der Waals surface area (Å²) in [7, 11) is 0. The van der Waals surface area contributed by atoms with Crippen LogP contribution >= 0.6 is 11.6 Å². The first-order valence-electron chi connectivity index (χ1n) is 8.23. The summed E-state index contributed by atoms with van der Waals surface area (Å²) in [5.74, 6) is -1.26. The molecule has 2 N–H and O–H groups in total. The van der Waals surface area contributed by atoms with Gasteiger partial charge in [0.25, 0.3) is 5.91 Å². The minimum absolute atomic E-state index is 0.000570. The summed E-state index contributed by atoms with van der Waals surface area (Å²) in [5.41, 5.74) is 0.759. The zero-order valence-corrected chi connectivity index (χ0v) is 14.2. The van der Waals surface area contributed by atoms with E-state index in [0.29, 0.717) is 5.56 Å². The lowest BCUT2D eigenvalue weighted by molar-refractivity contribution is -0.131. The lowest BCUT2D eigenvalue weighted by atomic mass is 9.94. The van der Waals surface area contributed by atoms with Gasteiger partial charge in [-0.2, -0.15) is 0 Å².